The molecular formula is C13H15N3O2S. The van der Waals surface area contributed by atoms with E-state index in [1.165, 1.54) is 6.07 Å². The minimum absolute atomic E-state index is 0.0676. The van der Waals surface area contributed by atoms with Crippen LogP contribution in [0.3, 0.4) is 0 Å². The summed E-state index contributed by atoms with van der Waals surface area (Å²) < 4.78 is 22.5. The standard InChI is InChI=1S/C13H15N3O2S/c1-9-2-4-10(5-3-9)16-11-6-7-13(12(14)8-11)19(15,17)18/h2-8,16H,14H2,1H3,(H2,15,17,18). The predicted octanol–water partition coefficient (Wildman–Crippen LogP) is 1.97. The van der Waals surface area contributed by atoms with Crippen molar-refractivity contribution in [2.75, 3.05) is 11.1 Å². The van der Waals surface area contributed by atoms with Crippen LogP contribution >= 0.6 is 0 Å². The highest BCUT2D eigenvalue weighted by atomic mass is 32.2. The summed E-state index contributed by atoms with van der Waals surface area (Å²) in [6.45, 7) is 2.00. The summed E-state index contributed by atoms with van der Waals surface area (Å²) in [5, 5.41) is 8.18. The van der Waals surface area contributed by atoms with Gasteiger partial charge in [0.05, 0.1) is 5.69 Å². The molecule has 5 N–H and O–H groups in total. The van der Waals surface area contributed by atoms with Crippen LogP contribution in [0.15, 0.2) is 47.4 Å². The first-order valence-electron chi connectivity index (χ1n) is 5.62. The lowest BCUT2D eigenvalue weighted by atomic mass is 10.2. The minimum atomic E-state index is -3.78. The number of rotatable bonds is 3. The van der Waals surface area contributed by atoms with Gasteiger partial charge in [-0.3, -0.25) is 0 Å². The molecule has 0 atom stereocenters. The number of nitrogens with one attached hydrogen (secondary N) is 1. The van der Waals surface area contributed by atoms with E-state index in [0.717, 1.165) is 11.3 Å². The van der Waals surface area contributed by atoms with Gasteiger partial charge in [-0.15, -0.1) is 0 Å². The third kappa shape index (κ3) is 3.24. The van der Waals surface area contributed by atoms with Crippen LogP contribution < -0.4 is 16.2 Å². The van der Waals surface area contributed by atoms with Crippen molar-refractivity contribution in [1.82, 2.24) is 0 Å². The number of nitrogens with two attached hydrogens (primary N) is 2. The van der Waals surface area contributed by atoms with E-state index < -0.39 is 10.0 Å². The maximum Gasteiger partial charge on any atom is 0.240 e. The fourth-order valence-electron chi connectivity index (χ4n) is 1.69. The Morgan fingerprint density at radius 3 is 2.11 bits per heavy atom. The van der Waals surface area contributed by atoms with Crippen LogP contribution in [0.4, 0.5) is 17.1 Å². The highest BCUT2D eigenvalue weighted by Crippen LogP contribution is 2.24. The zero-order valence-electron chi connectivity index (χ0n) is 10.4. The number of aryl methyl sites for hydroxylation is 1. The number of hydrogen-bond acceptors (Lipinski definition) is 4. The van der Waals surface area contributed by atoms with Crippen molar-refractivity contribution >= 4 is 27.1 Å². The van der Waals surface area contributed by atoms with E-state index in [-0.39, 0.29) is 10.6 Å². The highest BCUT2D eigenvalue weighted by Gasteiger charge is 2.12. The molecule has 0 aromatic heterocycles. The molecule has 100 valence electrons. The topological polar surface area (TPSA) is 98.2 Å². The smallest absolute Gasteiger partial charge is 0.240 e. The van der Waals surface area contributed by atoms with Crippen molar-refractivity contribution < 1.29 is 8.42 Å². The summed E-state index contributed by atoms with van der Waals surface area (Å²) in [4.78, 5) is -0.0676. The molecule has 0 unspecified atom stereocenters. The molecule has 2 rings (SSSR count). The molecule has 0 aliphatic heterocycles. The Bertz CT molecular complexity index is 694. The van der Waals surface area contributed by atoms with E-state index in [2.05, 4.69) is 5.32 Å². The third-order valence-electron chi connectivity index (χ3n) is 2.66. The number of hydrogen-bond donors (Lipinski definition) is 3. The van der Waals surface area contributed by atoms with Crippen molar-refractivity contribution in [2.24, 2.45) is 5.14 Å². The Labute approximate surface area is 112 Å². The summed E-state index contributed by atoms with van der Waals surface area (Å²) in [7, 11) is -3.78. The zero-order chi connectivity index (χ0) is 14.0. The number of sulfonamides is 1. The fourth-order valence-corrected chi connectivity index (χ4v) is 2.33. The number of anilines is 3. The normalized spacial score (nSPS) is 11.3. The Kier molecular flexibility index (Phi) is 3.46. The van der Waals surface area contributed by atoms with Gasteiger partial charge in [-0.25, -0.2) is 13.6 Å². The van der Waals surface area contributed by atoms with Gasteiger partial charge in [0.15, 0.2) is 0 Å². The summed E-state index contributed by atoms with van der Waals surface area (Å²) in [5.41, 5.74) is 8.57. The largest absolute Gasteiger partial charge is 0.398 e. The van der Waals surface area contributed by atoms with Crippen LogP contribution in [0.2, 0.25) is 0 Å². The van der Waals surface area contributed by atoms with Crippen LogP contribution in [-0.4, -0.2) is 8.42 Å². The molecule has 0 aliphatic rings. The van der Waals surface area contributed by atoms with Crippen LogP contribution in [0.1, 0.15) is 5.56 Å². The lowest BCUT2D eigenvalue weighted by Gasteiger charge is -2.09. The summed E-state index contributed by atoms with van der Waals surface area (Å²) in [6, 6.07) is 12.4. The second kappa shape index (κ2) is 4.91. The second-order valence-electron chi connectivity index (χ2n) is 4.29. The molecular weight excluding hydrogens is 262 g/mol. The summed E-state index contributed by atoms with van der Waals surface area (Å²) in [6.07, 6.45) is 0. The maximum absolute atomic E-state index is 11.2. The molecule has 6 heteroatoms. The van der Waals surface area contributed by atoms with Gasteiger partial charge in [0.2, 0.25) is 10.0 Å². The molecule has 0 spiro atoms. The van der Waals surface area contributed by atoms with E-state index in [9.17, 15) is 8.42 Å². The lowest BCUT2D eigenvalue weighted by molar-refractivity contribution is 0.598. The summed E-state index contributed by atoms with van der Waals surface area (Å²) >= 11 is 0. The number of benzene rings is 2. The molecule has 0 bridgehead atoms. The molecule has 2 aromatic rings. The van der Waals surface area contributed by atoms with Crippen molar-refractivity contribution in [3.63, 3.8) is 0 Å². The molecule has 0 fully saturated rings. The van der Waals surface area contributed by atoms with Gasteiger partial charge in [0, 0.05) is 11.4 Å². The van der Waals surface area contributed by atoms with Gasteiger partial charge in [-0.2, -0.15) is 0 Å². The van der Waals surface area contributed by atoms with Gasteiger partial charge in [-0.05, 0) is 37.3 Å². The van der Waals surface area contributed by atoms with Gasteiger partial charge >= 0.3 is 0 Å². The molecule has 0 heterocycles. The van der Waals surface area contributed by atoms with Crippen LogP contribution in [-0.2, 0) is 10.0 Å². The van der Waals surface area contributed by atoms with E-state index in [0.29, 0.717) is 5.69 Å². The Morgan fingerprint density at radius 2 is 1.58 bits per heavy atom. The first-order chi connectivity index (χ1) is 8.86. The molecule has 0 radical (unpaired) electrons. The average Bonchev–Trinajstić information content (AvgIpc) is 2.30. The zero-order valence-corrected chi connectivity index (χ0v) is 11.2. The molecule has 0 aliphatic carbocycles. The van der Waals surface area contributed by atoms with Gasteiger partial charge < -0.3 is 11.1 Å². The Morgan fingerprint density at radius 1 is 1.00 bits per heavy atom. The monoisotopic (exact) mass is 277 g/mol. The second-order valence-corrected chi connectivity index (χ2v) is 5.82. The maximum atomic E-state index is 11.2. The van der Waals surface area contributed by atoms with E-state index in [1.807, 2.05) is 31.2 Å². The molecule has 0 saturated heterocycles. The van der Waals surface area contributed by atoms with Crippen molar-refractivity contribution in [1.29, 1.82) is 0 Å². The molecule has 0 saturated carbocycles. The molecule has 5 nitrogen and oxygen atoms in total. The Hall–Kier alpha value is -2.05. The van der Waals surface area contributed by atoms with E-state index in [4.69, 9.17) is 10.9 Å². The highest BCUT2D eigenvalue weighted by molar-refractivity contribution is 7.89. The fraction of sp³-hybridized carbons (Fsp3) is 0.0769. The van der Waals surface area contributed by atoms with Crippen LogP contribution in [0.5, 0.6) is 0 Å². The van der Waals surface area contributed by atoms with Crippen LogP contribution in [0.25, 0.3) is 0 Å². The minimum Gasteiger partial charge on any atom is -0.398 e. The van der Waals surface area contributed by atoms with Crippen molar-refractivity contribution in [3.05, 3.63) is 48.0 Å². The first kappa shape index (κ1) is 13.4. The van der Waals surface area contributed by atoms with Gasteiger partial charge in [0.1, 0.15) is 4.90 Å². The lowest BCUT2D eigenvalue weighted by Crippen LogP contribution is -2.14. The van der Waals surface area contributed by atoms with E-state index >= 15 is 0 Å². The molecule has 19 heavy (non-hydrogen) atoms. The SMILES string of the molecule is Cc1ccc(Nc2ccc(S(N)(=O)=O)c(N)c2)cc1. The van der Waals surface area contributed by atoms with Gasteiger partial charge in [-0.1, -0.05) is 17.7 Å². The van der Waals surface area contributed by atoms with Gasteiger partial charge in [0.25, 0.3) is 0 Å². The number of primary sulfonamides is 1. The quantitative estimate of drug-likeness (QED) is 0.747. The molecule has 2 aromatic carbocycles. The number of nitrogen functional groups attached to an aromatic ring is 1. The molecule has 0 amide bonds. The third-order valence-corrected chi connectivity index (χ3v) is 3.64. The predicted molar refractivity (Wildman–Crippen MR) is 76.7 cm³/mol. The first-order valence-corrected chi connectivity index (χ1v) is 7.17. The Balaban J connectivity index is 2.28. The summed E-state index contributed by atoms with van der Waals surface area (Å²) in [5.74, 6) is 0. The van der Waals surface area contributed by atoms with Crippen molar-refractivity contribution in [2.45, 2.75) is 11.8 Å². The average molecular weight is 277 g/mol. The van der Waals surface area contributed by atoms with Crippen molar-refractivity contribution in [3.8, 4) is 0 Å². The van der Waals surface area contributed by atoms with Crippen LogP contribution in [0, 0.1) is 6.92 Å². The van der Waals surface area contributed by atoms with E-state index in [1.54, 1.807) is 12.1 Å².